The van der Waals surface area contributed by atoms with Crippen LogP contribution in [0.1, 0.15) is 46.0 Å². The molecule has 0 aromatic heterocycles. The summed E-state index contributed by atoms with van der Waals surface area (Å²) >= 11 is 0. The van der Waals surface area contributed by atoms with Crippen molar-refractivity contribution in [3.05, 3.63) is 0 Å². The summed E-state index contributed by atoms with van der Waals surface area (Å²) in [5.74, 6) is 3.60. The van der Waals surface area contributed by atoms with E-state index < -0.39 is 18.4 Å². The third kappa shape index (κ3) is 14.1. The number of hydrogen-bond acceptors (Lipinski definition) is 3. The van der Waals surface area contributed by atoms with Crippen molar-refractivity contribution in [2.45, 2.75) is 71.7 Å². The molecule has 0 bridgehead atoms. The molecule has 0 aliphatic rings. The van der Waals surface area contributed by atoms with E-state index in [1.54, 1.807) is 0 Å². The van der Waals surface area contributed by atoms with Crippen molar-refractivity contribution in [2.75, 3.05) is 0 Å². The lowest BCUT2D eigenvalue weighted by Gasteiger charge is -2.17. The van der Waals surface area contributed by atoms with Gasteiger partial charge < -0.3 is 0 Å². The van der Waals surface area contributed by atoms with Crippen LogP contribution in [0.3, 0.4) is 0 Å². The first-order valence-electron chi connectivity index (χ1n) is 7.20. The lowest BCUT2D eigenvalue weighted by Crippen LogP contribution is -2.25. The molecule has 2 N–H and O–H groups in total. The maximum atomic E-state index is 11.0. The first kappa shape index (κ1) is 19.6. The van der Waals surface area contributed by atoms with Crippen LogP contribution in [-0.2, 0) is 14.5 Å². The minimum atomic E-state index is -3.86. The summed E-state index contributed by atoms with van der Waals surface area (Å²) in [6.07, 6.45) is 3.86. The molecule has 0 heterocycles. The summed E-state index contributed by atoms with van der Waals surface area (Å²) in [5, 5.41) is 4.94. The van der Waals surface area contributed by atoms with Crippen LogP contribution in [-0.4, -0.2) is 22.6 Å². The van der Waals surface area contributed by atoms with Crippen molar-refractivity contribution < 1.29 is 12.6 Å². The zero-order valence-electron chi connectivity index (χ0n) is 13.4. The van der Waals surface area contributed by atoms with Gasteiger partial charge in [0, 0.05) is 6.42 Å². The average Bonchev–Trinajstić information content (AvgIpc) is 2.18. The minimum absolute atomic E-state index is 0.310. The lowest BCUT2D eigenvalue weighted by atomic mass is 10.0. The van der Waals surface area contributed by atoms with Crippen LogP contribution >= 0.6 is 0 Å². The molecule has 118 valence electrons. The van der Waals surface area contributed by atoms with Gasteiger partial charge in [-0.3, -0.25) is 4.18 Å². The second-order valence-electron chi connectivity index (χ2n) is 6.64. The molecular formula is C14H29NO3SSi. The van der Waals surface area contributed by atoms with E-state index in [1.807, 2.05) is 13.8 Å². The lowest BCUT2D eigenvalue weighted by molar-refractivity contribution is 0.169. The molecule has 4 nitrogen and oxygen atoms in total. The van der Waals surface area contributed by atoms with E-state index in [0.29, 0.717) is 18.8 Å². The molecule has 0 aromatic carbocycles. The predicted molar refractivity (Wildman–Crippen MR) is 87.0 cm³/mol. The zero-order chi connectivity index (χ0) is 15.8. The average molecular weight is 320 g/mol. The molecule has 0 amide bonds. The van der Waals surface area contributed by atoms with Gasteiger partial charge in [-0.1, -0.05) is 33.5 Å². The summed E-state index contributed by atoms with van der Waals surface area (Å²) in [7, 11) is -5.13. The number of rotatable bonds is 8. The molecule has 0 aliphatic heterocycles. The molecular weight excluding hydrogens is 290 g/mol. The molecule has 0 saturated heterocycles. The van der Waals surface area contributed by atoms with Gasteiger partial charge in [-0.25, -0.2) is 5.14 Å². The van der Waals surface area contributed by atoms with Gasteiger partial charge in [0.1, 0.15) is 8.07 Å². The van der Waals surface area contributed by atoms with Crippen LogP contribution in [0.2, 0.25) is 19.6 Å². The van der Waals surface area contributed by atoms with Crippen molar-refractivity contribution in [1.29, 1.82) is 0 Å². The van der Waals surface area contributed by atoms with Gasteiger partial charge in [-0.15, -0.1) is 11.5 Å². The highest BCUT2D eigenvalue weighted by Crippen LogP contribution is 2.16. The summed E-state index contributed by atoms with van der Waals surface area (Å²) in [6, 6.07) is 0. The number of nitrogens with two attached hydrogens (primary N) is 1. The van der Waals surface area contributed by atoms with E-state index >= 15 is 0 Å². The Balaban J connectivity index is 4.11. The highest BCUT2D eigenvalue weighted by molar-refractivity contribution is 7.84. The molecule has 20 heavy (non-hydrogen) atoms. The van der Waals surface area contributed by atoms with Crippen molar-refractivity contribution in [3.63, 3.8) is 0 Å². The predicted octanol–water partition coefficient (Wildman–Crippen LogP) is 3.06. The van der Waals surface area contributed by atoms with Crippen molar-refractivity contribution >= 4 is 18.4 Å². The van der Waals surface area contributed by atoms with Crippen LogP contribution in [0.5, 0.6) is 0 Å². The Morgan fingerprint density at radius 2 is 1.80 bits per heavy atom. The molecule has 0 spiro atoms. The highest BCUT2D eigenvalue weighted by Gasteiger charge is 2.17. The van der Waals surface area contributed by atoms with Gasteiger partial charge in [0.15, 0.2) is 0 Å². The quantitative estimate of drug-likeness (QED) is 0.425. The fourth-order valence-corrected chi connectivity index (χ4v) is 3.04. The van der Waals surface area contributed by atoms with E-state index in [9.17, 15) is 8.42 Å². The molecule has 0 rings (SSSR count). The molecule has 0 aromatic rings. The Morgan fingerprint density at radius 1 is 1.20 bits per heavy atom. The third-order valence-electron chi connectivity index (χ3n) is 2.55. The standard InChI is InChI=1S/C14H29NO3SSi/c1-13(2)12-14(18-19(15,16)17)10-8-6-7-9-11-20(3,4)5/h13-14H,6-8,10,12H2,1-5H3,(H2,15,16,17). The van der Waals surface area contributed by atoms with Gasteiger partial charge >= 0.3 is 10.3 Å². The normalized spacial score (nSPS) is 13.9. The summed E-state index contributed by atoms with van der Waals surface area (Å²) in [5.41, 5.74) is 3.32. The number of hydrogen-bond donors (Lipinski definition) is 1. The van der Waals surface area contributed by atoms with Crippen molar-refractivity contribution in [3.8, 4) is 11.5 Å². The Kier molecular flexibility index (Phi) is 8.67. The largest absolute Gasteiger partial charge is 0.333 e. The van der Waals surface area contributed by atoms with Gasteiger partial charge in [-0.05, 0) is 31.6 Å². The molecule has 1 unspecified atom stereocenters. The Morgan fingerprint density at radius 3 is 2.25 bits per heavy atom. The number of unbranched alkanes of at least 4 members (excludes halogenated alkanes) is 2. The van der Waals surface area contributed by atoms with E-state index in [1.165, 1.54) is 0 Å². The fraction of sp³-hybridized carbons (Fsp3) is 0.857. The van der Waals surface area contributed by atoms with Gasteiger partial charge in [0.25, 0.3) is 0 Å². The summed E-state index contributed by atoms with van der Waals surface area (Å²) < 4.78 is 26.9. The van der Waals surface area contributed by atoms with Gasteiger partial charge in [-0.2, -0.15) is 8.42 Å². The molecule has 0 radical (unpaired) electrons. The van der Waals surface area contributed by atoms with Crippen LogP contribution in [0.25, 0.3) is 0 Å². The minimum Gasteiger partial charge on any atom is -0.255 e. The molecule has 1 atom stereocenters. The SMILES string of the molecule is CC(C)CC(CCCCC#C[Si](C)(C)C)OS(N)(=O)=O. The summed E-state index contributed by atoms with van der Waals surface area (Å²) in [4.78, 5) is 0. The fourth-order valence-electron chi connectivity index (χ4n) is 1.83. The van der Waals surface area contributed by atoms with E-state index in [-0.39, 0.29) is 6.10 Å². The Labute approximate surface area is 125 Å². The maximum absolute atomic E-state index is 11.0. The monoisotopic (exact) mass is 319 g/mol. The second-order valence-corrected chi connectivity index (χ2v) is 12.6. The topological polar surface area (TPSA) is 69.4 Å². The van der Waals surface area contributed by atoms with Crippen LogP contribution < -0.4 is 5.14 Å². The molecule has 0 fully saturated rings. The maximum Gasteiger partial charge on any atom is 0.333 e. The van der Waals surface area contributed by atoms with Crippen LogP contribution in [0, 0.1) is 17.4 Å². The van der Waals surface area contributed by atoms with Crippen molar-refractivity contribution in [2.24, 2.45) is 11.1 Å². The van der Waals surface area contributed by atoms with E-state index in [2.05, 4.69) is 31.1 Å². The van der Waals surface area contributed by atoms with E-state index in [4.69, 9.17) is 9.32 Å². The molecule has 6 heteroatoms. The molecule has 0 aliphatic carbocycles. The molecule has 0 saturated carbocycles. The van der Waals surface area contributed by atoms with E-state index in [0.717, 1.165) is 19.3 Å². The first-order valence-corrected chi connectivity index (χ1v) is 12.2. The highest BCUT2D eigenvalue weighted by atomic mass is 32.2. The summed E-state index contributed by atoms with van der Waals surface area (Å²) in [6.45, 7) is 10.7. The Bertz CT molecular complexity index is 430. The van der Waals surface area contributed by atoms with Crippen LogP contribution in [0.15, 0.2) is 0 Å². The first-order chi connectivity index (χ1) is 8.99. The van der Waals surface area contributed by atoms with Gasteiger partial charge in [0.2, 0.25) is 0 Å². The Hall–Kier alpha value is -0.353. The van der Waals surface area contributed by atoms with Crippen LogP contribution in [0.4, 0.5) is 0 Å². The zero-order valence-corrected chi connectivity index (χ0v) is 15.2. The second kappa shape index (κ2) is 8.83. The third-order valence-corrected chi connectivity index (χ3v) is 4.01. The smallest absolute Gasteiger partial charge is 0.255 e. The van der Waals surface area contributed by atoms with Crippen molar-refractivity contribution in [1.82, 2.24) is 0 Å². The van der Waals surface area contributed by atoms with Gasteiger partial charge in [0.05, 0.1) is 6.10 Å².